The van der Waals surface area contributed by atoms with E-state index in [1.165, 1.54) is 11.1 Å². The van der Waals surface area contributed by atoms with Gasteiger partial charge in [-0.15, -0.1) is 0 Å². The van der Waals surface area contributed by atoms with E-state index in [2.05, 4.69) is 57.9 Å². The molecule has 0 N–H and O–H groups in total. The predicted molar refractivity (Wildman–Crippen MR) is 113 cm³/mol. The Morgan fingerprint density at radius 2 is 1.93 bits per heavy atom. The normalized spacial score (nSPS) is 14.2. The fourth-order valence-electron chi connectivity index (χ4n) is 3.97. The number of aryl methyl sites for hydroxylation is 2. The highest BCUT2D eigenvalue weighted by Crippen LogP contribution is 2.32. The SMILES string of the molecule is Cc1ccc2c(c1)CCCN2C(=O)c1cc(C(C)C)nc2c1cnn2C(C)C. The van der Waals surface area contributed by atoms with Crippen molar-refractivity contribution in [2.75, 3.05) is 11.4 Å². The zero-order valence-electron chi connectivity index (χ0n) is 17.4. The van der Waals surface area contributed by atoms with Crippen LogP contribution in [0.1, 0.15) is 73.3 Å². The van der Waals surface area contributed by atoms with Gasteiger partial charge < -0.3 is 4.90 Å². The van der Waals surface area contributed by atoms with E-state index in [1.54, 1.807) is 6.20 Å². The average Bonchev–Trinajstić information content (AvgIpc) is 3.10. The van der Waals surface area contributed by atoms with E-state index in [4.69, 9.17) is 4.98 Å². The molecule has 1 aliphatic heterocycles. The van der Waals surface area contributed by atoms with Crippen LogP contribution in [0.15, 0.2) is 30.5 Å². The Morgan fingerprint density at radius 3 is 2.64 bits per heavy atom. The second-order valence-corrected chi connectivity index (χ2v) is 8.36. The molecule has 1 aliphatic rings. The molecule has 0 fully saturated rings. The first-order valence-electron chi connectivity index (χ1n) is 10.2. The molecule has 5 nitrogen and oxygen atoms in total. The van der Waals surface area contributed by atoms with Crippen molar-refractivity contribution in [3.63, 3.8) is 0 Å². The fourth-order valence-corrected chi connectivity index (χ4v) is 3.97. The smallest absolute Gasteiger partial charge is 0.259 e. The number of rotatable bonds is 3. The van der Waals surface area contributed by atoms with Gasteiger partial charge in [0.15, 0.2) is 5.65 Å². The number of carbonyl (C=O) groups is 1. The average molecular weight is 377 g/mol. The number of nitrogens with zero attached hydrogens (tertiary/aromatic N) is 4. The molecule has 1 amide bonds. The van der Waals surface area contributed by atoms with E-state index in [-0.39, 0.29) is 17.9 Å². The summed E-state index contributed by atoms with van der Waals surface area (Å²) in [7, 11) is 0. The lowest BCUT2D eigenvalue weighted by Crippen LogP contribution is -2.35. The Balaban J connectivity index is 1.86. The molecule has 3 aromatic rings. The lowest BCUT2D eigenvalue weighted by Gasteiger charge is -2.30. The number of amides is 1. The van der Waals surface area contributed by atoms with Crippen molar-refractivity contribution in [1.29, 1.82) is 0 Å². The lowest BCUT2D eigenvalue weighted by atomic mass is 9.98. The molecule has 28 heavy (non-hydrogen) atoms. The number of fused-ring (bicyclic) bond motifs is 2. The predicted octanol–water partition coefficient (Wildman–Crippen LogP) is 5.04. The maximum absolute atomic E-state index is 13.7. The van der Waals surface area contributed by atoms with Gasteiger partial charge in [-0.05, 0) is 57.2 Å². The second-order valence-electron chi connectivity index (χ2n) is 8.36. The van der Waals surface area contributed by atoms with Crippen molar-refractivity contribution >= 4 is 22.6 Å². The Bertz CT molecular complexity index is 1050. The van der Waals surface area contributed by atoms with Crippen LogP contribution in [0.2, 0.25) is 0 Å². The van der Waals surface area contributed by atoms with Crippen LogP contribution in [0.3, 0.4) is 0 Å². The zero-order valence-corrected chi connectivity index (χ0v) is 17.4. The monoisotopic (exact) mass is 376 g/mol. The van der Waals surface area contributed by atoms with Crippen LogP contribution in [-0.2, 0) is 6.42 Å². The van der Waals surface area contributed by atoms with Crippen molar-refractivity contribution in [2.45, 2.75) is 59.4 Å². The minimum Gasteiger partial charge on any atom is -0.308 e. The summed E-state index contributed by atoms with van der Waals surface area (Å²) in [6.45, 7) is 11.2. The molecular weight excluding hydrogens is 348 g/mol. The van der Waals surface area contributed by atoms with Crippen molar-refractivity contribution in [1.82, 2.24) is 14.8 Å². The van der Waals surface area contributed by atoms with Gasteiger partial charge in [0.2, 0.25) is 0 Å². The molecule has 5 heteroatoms. The summed E-state index contributed by atoms with van der Waals surface area (Å²) < 4.78 is 1.91. The molecule has 1 aromatic carbocycles. The minimum atomic E-state index is 0.0439. The summed E-state index contributed by atoms with van der Waals surface area (Å²) in [4.78, 5) is 20.4. The van der Waals surface area contributed by atoms with Crippen LogP contribution in [0.4, 0.5) is 5.69 Å². The van der Waals surface area contributed by atoms with E-state index in [0.29, 0.717) is 5.56 Å². The highest BCUT2D eigenvalue weighted by atomic mass is 16.2. The first kappa shape index (κ1) is 18.7. The number of benzene rings is 1. The van der Waals surface area contributed by atoms with Crippen LogP contribution in [0.5, 0.6) is 0 Å². The minimum absolute atomic E-state index is 0.0439. The van der Waals surface area contributed by atoms with Crippen LogP contribution in [0.25, 0.3) is 11.0 Å². The fraction of sp³-hybridized carbons (Fsp3) is 0.435. The molecule has 0 aliphatic carbocycles. The summed E-state index contributed by atoms with van der Waals surface area (Å²) in [5.74, 6) is 0.283. The topological polar surface area (TPSA) is 51.0 Å². The first-order valence-corrected chi connectivity index (χ1v) is 10.2. The number of hydrogen-bond acceptors (Lipinski definition) is 3. The third-order valence-corrected chi connectivity index (χ3v) is 5.50. The molecule has 0 saturated heterocycles. The van der Waals surface area contributed by atoms with Crippen molar-refractivity contribution in [3.05, 3.63) is 52.8 Å². The highest BCUT2D eigenvalue weighted by molar-refractivity contribution is 6.13. The van der Waals surface area contributed by atoms with Gasteiger partial charge in [0.25, 0.3) is 5.91 Å². The summed E-state index contributed by atoms with van der Waals surface area (Å²) in [6.07, 6.45) is 3.80. The maximum atomic E-state index is 13.7. The van der Waals surface area contributed by atoms with Gasteiger partial charge >= 0.3 is 0 Å². The lowest BCUT2D eigenvalue weighted by molar-refractivity contribution is 0.0986. The van der Waals surface area contributed by atoms with Crippen LogP contribution in [0, 0.1) is 6.92 Å². The Kier molecular flexibility index (Phi) is 4.69. The van der Waals surface area contributed by atoms with Crippen LogP contribution < -0.4 is 4.90 Å². The molecule has 0 bridgehead atoms. The summed E-state index contributed by atoms with van der Waals surface area (Å²) in [5.41, 5.74) is 5.96. The van der Waals surface area contributed by atoms with E-state index in [1.807, 2.05) is 15.6 Å². The molecule has 0 unspecified atom stereocenters. The van der Waals surface area contributed by atoms with Crippen LogP contribution in [-0.4, -0.2) is 27.2 Å². The van der Waals surface area contributed by atoms with Gasteiger partial charge in [0, 0.05) is 24.0 Å². The molecular formula is C23H28N4O. The molecule has 0 atom stereocenters. The van der Waals surface area contributed by atoms with Crippen molar-refractivity contribution in [3.8, 4) is 0 Å². The van der Waals surface area contributed by atoms with E-state index in [9.17, 15) is 4.79 Å². The van der Waals surface area contributed by atoms with Gasteiger partial charge in [-0.3, -0.25) is 4.79 Å². The Morgan fingerprint density at radius 1 is 1.14 bits per heavy atom. The van der Waals surface area contributed by atoms with Crippen LogP contribution >= 0.6 is 0 Å². The molecule has 0 radical (unpaired) electrons. The third kappa shape index (κ3) is 3.09. The van der Waals surface area contributed by atoms with Gasteiger partial charge in [-0.1, -0.05) is 31.5 Å². The Hall–Kier alpha value is -2.69. The molecule has 2 aromatic heterocycles. The third-order valence-electron chi connectivity index (χ3n) is 5.50. The van der Waals surface area contributed by atoms with Gasteiger partial charge in [0.1, 0.15) is 0 Å². The summed E-state index contributed by atoms with van der Waals surface area (Å²) in [5, 5.41) is 5.36. The molecule has 4 rings (SSSR count). The van der Waals surface area contributed by atoms with E-state index in [0.717, 1.165) is 41.8 Å². The number of pyridine rings is 1. The molecule has 0 spiro atoms. The first-order chi connectivity index (χ1) is 13.4. The number of anilines is 1. The zero-order chi connectivity index (χ0) is 20.0. The number of carbonyl (C=O) groups excluding carboxylic acids is 1. The van der Waals surface area contributed by atoms with Gasteiger partial charge in [-0.2, -0.15) is 5.10 Å². The molecule has 146 valence electrons. The Labute approximate surface area is 166 Å². The number of hydrogen-bond donors (Lipinski definition) is 0. The van der Waals surface area contributed by atoms with Gasteiger partial charge in [0.05, 0.1) is 17.1 Å². The maximum Gasteiger partial charge on any atom is 0.259 e. The van der Waals surface area contributed by atoms with Gasteiger partial charge in [-0.25, -0.2) is 9.67 Å². The van der Waals surface area contributed by atoms with Crippen molar-refractivity contribution < 1.29 is 4.79 Å². The molecule has 0 saturated carbocycles. The summed E-state index contributed by atoms with van der Waals surface area (Å²) in [6, 6.07) is 8.52. The van der Waals surface area contributed by atoms with E-state index < -0.39 is 0 Å². The standard InChI is InChI=1S/C23H28N4O/c1-14(2)20-12-18(19-13-24-27(15(3)4)22(19)25-20)23(28)26-10-6-7-17-11-16(5)8-9-21(17)26/h8-9,11-15H,6-7,10H2,1-5H3. The molecule has 3 heterocycles. The second kappa shape index (κ2) is 7.04. The summed E-state index contributed by atoms with van der Waals surface area (Å²) >= 11 is 0. The van der Waals surface area contributed by atoms with Crippen molar-refractivity contribution in [2.24, 2.45) is 0 Å². The highest BCUT2D eigenvalue weighted by Gasteiger charge is 2.27. The largest absolute Gasteiger partial charge is 0.308 e. The number of aromatic nitrogens is 3. The quantitative estimate of drug-likeness (QED) is 0.644. The van der Waals surface area contributed by atoms with E-state index >= 15 is 0 Å².